The SMILES string of the molecule is C=CN(CC)CN(C)O. The molecular formula is C6H14N2O. The molecule has 0 amide bonds. The Hall–Kier alpha value is -0.540. The van der Waals surface area contributed by atoms with E-state index in [1.165, 1.54) is 0 Å². The minimum atomic E-state index is 0.514. The van der Waals surface area contributed by atoms with Gasteiger partial charge in [-0.1, -0.05) is 6.58 Å². The van der Waals surface area contributed by atoms with Crippen LogP contribution in [0.25, 0.3) is 0 Å². The topological polar surface area (TPSA) is 26.7 Å². The lowest BCUT2D eigenvalue weighted by Crippen LogP contribution is -2.29. The first-order chi connectivity index (χ1) is 4.20. The molecule has 1 N–H and O–H groups in total. The van der Waals surface area contributed by atoms with Gasteiger partial charge in [0.2, 0.25) is 0 Å². The van der Waals surface area contributed by atoms with Crippen LogP contribution in [-0.2, 0) is 0 Å². The van der Waals surface area contributed by atoms with E-state index in [0.717, 1.165) is 11.6 Å². The maximum Gasteiger partial charge on any atom is 0.0935 e. The van der Waals surface area contributed by atoms with Crippen LogP contribution in [0.2, 0.25) is 0 Å². The molecule has 54 valence electrons. The van der Waals surface area contributed by atoms with Gasteiger partial charge in [0.15, 0.2) is 0 Å². The fourth-order valence-corrected chi connectivity index (χ4v) is 0.550. The first-order valence-corrected chi connectivity index (χ1v) is 2.97. The second kappa shape index (κ2) is 4.35. The summed E-state index contributed by atoms with van der Waals surface area (Å²) in [7, 11) is 1.60. The molecule has 9 heavy (non-hydrogen) atoms. The van der Waals surface area contributed by atoms with Gasteiger partial charge in [-0.05, 0) is 13.1 Å². The van der Waals surface area contributed by atoms with Gasteiger partial charge in [0.1, 0.15) is 0 Å². The lowest BCUT2D eigenvalue weighted by atomic mass is 10.6. The molecule has 0 aromatic carbocycles. The molecule has 0 fully saturated rings. The zero-order chi connectivity index (χ0) is 7.28. The highest BCUT2D eigenvalue weighted by Crippen LogP contribution is 1.87. The van der Waals surface area contributed by atoms with Crippen LogP contribution in [0.15, 0.2) is 12.8 Å². The molecule has 0 aromatic rings. The average molecular weight is 130 g/mol. The predicted molar refractivity (Wildman–Crippen MR) is 37.0 cm³/mol. The summed E-state index contributed by atoms with van der Waals surface area (Å²) in [6.07, 6.45) is 1.70. The standard InChI is InChI=1S/C6H14N2O/c1-4-8(5-2)6-7(3)9/h4,9H,1,5-6H2,2-3H3. The van der Waals surface area contributed by atoms with E-state index >= 15 is 0 Å². The smallest absolute Gasteiger partial charge is 0.0935 e. The molecule has 0 aliphatic rings. The minimum absolute atomic E-state index is 0.514. The van der Waals surface area contributed by atoms with Gasteiger partial charge in [0.05, 0.1) is 6.67 Å². The number of hydrogen-bond acceptors (Lipinski definition) is 3. The van der Waals surface area contributed by atoms with Crippen LogP contribution >= 0.6 is 0 Å². The van der Waals surface area contributed by atoms with Crippen molar-refractivity contribution in [2.45, 2.75) is 6.92 Å². The van der Waals surface area contributed by atoms with Crippen molar-refractivity contribution in [2.75, 3.05) is 20.3 Å². The van der Waals surface area contributed by atoms with Crippen LogP contribution in [0.4, 0.5) is 0 Å². The molecule has 0 aromatic heterocycles. The zero-order valence-corrected chi connectivity index (χ0v) is 6.04. The van der Waals surface area contributed by atoms with Crippen LogP contribution < -0.4 is 0 Å². The Balaban J connectivity index is 3.42. The third kappa shape index (κ3) is 4.00. The Morgan fingerprint density at radius 2 is 2.22 bits per heavy atom. The van der Waals surface area contributed by atoms with Gasteiger partial charge in [-0.2, -0.15) is 5.06 Å². The Kier molecular flexibility index (Phi) is 4.09. The molecule has 0 radical (unpaired) electrons. The fraction of sp³-hybridized carbons (Fsp3) is 0.667. The van der Waals surface area contributed by atoms with Gasteiger partial charge in [0, 0.05) is 13.6 Å². The fourth-order valence-electron chi connectivity index (χ4n) is 0.550. The summed E-state index contributed by atoms with van der Waals surface area (Å²) >= 11 is 0. The van der Waals surface area contributed by atoms with Crippen LogP contribution in [0.1, 0.15) is 6.92 Å². The van der Waals surface area contributed by atoms with E-state index in [1.807, 2.05) is 11.8 Å². The Bertz CT molecular complexity index is 83.1. The third-order valence-corrected chi connectivity index (χ3v) is 1.05. The molecule has 0 bridgehead atoms. The Morgan fingerprint density at radius 3 is 2.33 bits per heavy atom. The Morgan fingerprint density at radius 1 is 1.67 bits per heavy atom. The maximum atomic E-state index is 8.73. The zero-order valence-electron chi connectivity index (χ0n) is 6.04. The number of hydroxylamine groups is 2. The van der Waals surface area contributed by atoms with Gasteiger partial charge in [-0.3, -0.25) is 0 Å². The average Bonchev–Trinajstić information content (AvgIpc) is 1.82. The first kappa shape index (κ1) is 8.46. The monoisotopic (exact) mass is 130 g/mol. The molecule has 0 heterocycles. The second-order valence-electron chi connectivity index (χ2n) is 1.89. The maximum absolute atomic E-state index is 8.73. The van der Waals surface area contributed by atoms with Crippen molar-refractivity contribution in [3.05, 3.63) is 12.8 Å². The molecule has 0 saturated carbocycles. The van der Waals surface area contributed by atoms with Gasteiger partial charge in [0.25, 0.3) is 0 Å². The minimum Gasteiger partial charge on any atom is -0.363 e. The van der Waals surface area contributed by atoms with E-state index in [1.54, 1.807) is 13.2 Å². The van der Waals surface area contributed by atoms with Crippen LogP contribution in [0, 0.1) is 0 Å². The lowest BCUT2D eigenvalue weighted by Gasteiger charge is -2.20. The van der Waals surface area contributed by atoms with Crippen molar-refractivity contribution in [1.29, 1.82) is 0 Å². The van der Waals surface area contributed by atoms with Crippen molar-refractivity contribution in [1.82, 2.24) is 9.96 Å². The summed E-state index contributed by atoms with van der Waals surface area (Å²) in [5.41, 5.74) is 0. The predicted octanol–water partition coefficient (Wildman–Crippen LogP) is 0.730. The van der Waals surface area contributed by atoms with Crippen molar-refractivity contribution in [3.8, 4) is 0 Å². The molecule has 0 aliphatic heterocycles. The van der Waals surface area contributed by atoms with E-state index in [9.17, 15) is 0 Å². The molecule has 0 saturated heterocycles. The van der Waals surface area contributed by atoms with Gasteiger partial charge in [-0.15, -0.1) is 0 Å². The van der Waals surface area contributed by atoms with Gasteiger partial charge in [-0.25, -0.2) is 0 Å². The lowest BCUT2D eigenvalue weighted by molar-refractivity contribution is -0.0925. The normalized spacial score (nSPS) is 9.78. The molecule has 0 aliphatic carbocycles. The van der Waals surface area contributed by atoms with E-state index < -0.39 is 0 Å². The van der Waals surface area contributed by atoms with Crippen LogP contribution in [0.3, 0.4) is 0 Å². The summed E-state index contributed by atoms with van der Waals surface area (Å²) in [5, 5.41) is 9.85. The van der Waals surface area contributed by atoms with E-state index in [2.05, 4.69) is 6.58 Å². The van der Waals surface area contributed by atoms with Gasteiger partial charge < -0.3 is 10.1 Å². The molecule has 0 unspecified atom stereocenters. The number of nitrogens with zero attached hydrogens (tertiary/aromatic N) is 2. The Labute approximate surface area is 56.1 Å². The van der Waals surface area contributed by atoms with Crippen LogP contribution in [0.5, 0.6) is 0 Å². The highest BCUT2D eigenvalue weighted by atomic mass is 16.5. The molecule has 3 nitrogen and oxygen atoms in total. The van der Waals surface area contributed by atoms with E-state index in [-0.39, 0.29) is 0 Å². The first-order valence-electron chi connectivity index (χ1n) is 2.97. The molecule has 0 spiro atoms. The highest BCUT2D eigenvalue weighted by Gasteiger charge is 1.95. The van der Waals surface area contributed by atoms with Gasteiger partial charge >= 0.3 is 0 Å². The van der Waals surface area contributed by atoms with Crippen molar-refractivity contribution in [2.24, 2.45) is 0 Å². The summed E-state index contributed by atoms with van der Waals surface area (Å²) < 4.78 is 0. The molecule has 3 heteroatoms. The molecular weight excluding hydrogens is 116 g/mol. The van der Waals surface area contributed by atoms with E-state index in [0.29, 0.717) is 6.67 Å². The quantitative estimate of drug-likeness (QED) is 0.449. The second-order valence-corrected chi connectivity index (χ2v) is 1.89. The highest BCUT2D eigenvalue weighted by molar-refractivity contribution is 4.66. The van der Waals surface area contributed by atoms with Crippen molar-refractivity contribution >= 4 is 0 Å². The summed E-state index contributed by atoms with van der Waals surface area (Å²) in [6.45, 7) is 6.96. The number of hydrogen-bond donors (Lipinski definition) is 1. The molecule has 0 rings (SSSR count). The van der Waals surface area contributed by atoms with Crippen molar-refractivity contribution in [3.63, 3.8) is 0 Å². The summed E-state index contributed by atoms with van der Waals surface area (Å²) in [4.78, 5) is 1.89. The van der Waals surface area contributed by atoms with Crippen molar-refractivity contribution < 1.29 is 5.21 Å². The summed E-state index contributed by atoms with van der Waals surface area (Å²) in [6, 6.07) is 0. The molecule has 0 atom stereocenters. The largest absolute Gasteiger partial charge is 0.363 e. The van der Waals surface area contributed by atoms with E-state index in [4.69, 9.17) is 5.21 Å². The third-order valence-electron chi connectivity index (χ3n) is 1.05. The number of rotatable bonds is 4. The van der Waals surface area contributed by atoms with Crippen LogP contribution in [-0.4, -0.2) is 35.4 Å². The summed E-state index contributed by atoms with van der Waals surface area (Å²) in [5.74, 6) is 0.